The normalized spacial score (nSPS) is 15.8. The Morgan fingerprint density at radius 2 is 2.18 bits per heavy atom. The molecule has 0 radical (unpaired) electrons. The molecule has 0 aliphatic carbocycles. The molecule has 0 saturated carbocycles. The second-order valence-corrected chi connectivity index (χ2v) is 7.82. The van der Waals surface area contributed by atoms with Crippen LogP contribution in [0.5, 0.6) is 0 Å². The van der Waals surface area contributed by atoms with Crippen LogP contribution in [0.4, 0.5) is 11.6 Å². The Balaban J connectivity index is 1.92. The topological polar surface area (TPSA) is 101 Å². The van der Waals surface area contributed by atoms with Crippen molar-refractivity contribution in [2.75, 3.05) is 11.9 Å². The smallest absolute Gasteiger partial charge is 0.216 e. The summed E-state index contributed by atoms with van der Waals surface area (Å²) >= 11 is 0. The van der Waals surface area contributed by atoms with E-state index in [1.165, 1.54) is 16.9 Å². The van der Waals surface area contributed by atoms with Gasteiger partial charge in [-0.25, -0.2) is 18.4 Å². The first-order valence-electron chi connectivity index (χ1n) is 6.97. The number of hydrogen-bond donors (Lipinski definition) is 1. The molecule has 0 spiro atoms. The minimum absolute atomic E-state index is 0.261. The van der Waals surface area contributed by atoms with Crippen molar-refractivity contribution in [2.24, 2.45) is 0 Å². The van der Waals surface area contributed by atoms with E-state index in [2.05, 4.69) is 20.4 Å². The Bertz CT molecular complexity index is 758. The highest BCUT2D eigenvalue weighted by molar-refractivity contribution is 7.89. The SMILES string of the molecule is CC(C)S(=O)(=O)N1CCc2ncnc(Nc3ccon3)c2C1. The van der Waals surface area contributed by atoms with Gasteiger partial charge >= 0.3 is 0 Å². The molecule has 0 saturated heterocycles. The van der Waals surface area contributed by atoms with Crippen molar-refractivity contribution < 1.29 is 12.9 Å². The molecule has 1 N–H and O–H groups in total. The molecule has 0 atom stereocenters. The lowest BCUT2D eigenvalue weighted by atomic mass is 10.1. The summed E-state index contributed by atoms with van der Waals surface area (Å²) in [7, 11) is -3.31. The number of nitrogens with one attached hydrogen (secondary N) is 1. The van der Waals surface area contributed by atoms with Gasteiger partial charge in [-0.2, -0.15) is 4.31 Å². The Morgan fingerprint density at radius 1 is 1.36 bits per heavy atom. The lowest BCUT2D eigenvalue weighted by Gasteiger charge is -2.29. The zero-order valence-corrected chi connectivity index (χ0v) is 13.2. The summed E-state index contributed by atoms with van der Waals surface area (Å²) in [6.07, 6.45) is 3.48. The Hall–Kier alpha value is -2.00. The highest BCUT2D eigenvalue weighted by Gasteiger charge is 2.31. The fraction of sp³-hybridized carbons (Fsp3) is 0.462. The predicted octanol–water partition coefficient (Wildman–Crippen LogP) is 1.30. The molecule has 0 unspecified atom stereocenters. The zero-order chi connectivity index (χ0) is 15.7. The molecule has 118 valence electrons. The molecule has 1 aliphatic heterocycles. The molecule has 0 bridgehead atoms. The van der Waals surface area contributed by atoms with E-state index in [0.717, 1.165) is 11.3 Å². The third kappa shape index (κ3) is 2.69. The predicted molar refractivity (Wildman–Crippen MR) is 80.0 cm³/mol. The Labute approximate surface area is 128 Å². The quantitative estimate of drug-likeness (QED) is 0.905. The lowest BCUT2D eigenvalue weighted by Crippen LogP contribution is -2.40. The first-order valence-corrected chi connectivity index (χ1v) is 8.48. The summed E-state index contributed by atoms with van der Waals surface area (Å²) in [5.41, 5.74) is 1.64. The highest BCUT2D eigenvalue weighted by atomic mass is 32.2. The standard InChI is InChI=1S/C13H17N5O3S/c1-9(2)22(19,20)18-5-3-11-10(7-18)13(15-8-14-11)16-12-4-6-21-17-12/h4,6,8-9H,3,5,7H2,1-2H3,(H,14,15,16,17). The largest absolute Gasteiger partial charge is 0.363 e. The fourth-order valence-corrected chi connectivity index (χ4v) is 3.59. The van der Waals surface area contributed by atoms with Crippen LogP contribution in [0.15, 0.2) is 23.2 Å². The maximum absolute atomic E-state index is 12.4. The van der Waals surface area contributed by atoms with Gasteiger partial charge in [0.05, 0.1) is 10.9 Å². The van der Waals surface area contributed by atoms with Gasteiger partial charge < -0.3 is 9.84 Å². The number of nitrogens with zero attached hydrogens (tertiary/aromatic N) is 4. The summed E-state index contributed by atoms with van der Waals surface area (Å²) in [4.78, 5) is 8.46. The van der Waals surface area contributed by atoms with E-state index in [1.54, 1.807) is 19.9 Å². The third-order valence-corrected chi connectivity index (χ3v) is 5.83. The average molecular weight is 323 g/mol. The number of fused-ring (bicyclic) bond motifs is 1. The molecule has 2 aromatic rings. The second-order valence-electron chi connectivity index (χ2n) is 5.33. The van der Waals surface area contributed by atoms with Crippen LogP contribution in [0.25, 0.3) is 0 Å². The van der Waals surface area contributed by atoms with Crippen molar-refractivity contribution in [1.82, 2.24) is 19.4 Å². The Morgan fingerprint density at radius 3 is 2.86 bits per heavy atom. The van der Waals surface area contributed by atoms with Crippen molar-refractivity contribution in [3.8, 4) is 0 Å². The van der Waals surface area contributed by atoms with Crippen LogP contribution in [0, 0.1) is 0 Å². The number of aromatic nitrogens is 3. The molecular formula is C13H17N5O3S. The maximum atomic E-state index is 12.4. The van der Waals surface area contributed by atoms with Crippen LogP contribution in [0.2, 0.25) is 0 Å². The fourth-order valence-electron chi connectivity index (χ4n) is 2.34. The van der Waals surface area contributed by atoms with E-state index in [0.29, 0.717) is 24.6 Å². The molecule has 0 amide bonds. The van der Waals surface area contributed by atoms with Crippen molar-refractivity contribution >= 4 is 21.7 Å². The highest BCUT2D eigenvalue weighted by Crippen LogP contribution is 2.27. The lowest BCUT2D eigenvalue weighted by molar-refractivity contribution is 0.383. The van der Waals surface area contributed by atoms with Crippen LogP contribution in [-0.2, 0) is 23.0 Å². The van der Waals surface area contributed by atoms with Crippen LogP contribution in [0.3, 0.4) is 0 Å². The van der Waals surface area contributed by atoms with Crippen molar-refractivity contribution in [2.45, 2.75) is 32.1 Å². The molecular weight excluding hydrogens is 306 g/mol. The first kappa shape index (κ1) is 14.9. The number of anilines is 2. The third-order valence-electron chi connectivity index (χ3n) is 3.61. The van der Waals surface area contributed by atoms with Crippen molar-refractivity contribution in [1.29, 1.82) is 0 Å². The summed E-state index contributed by atoms with van der Waals surface area (Å²) in [5, 5.41) is 6.36. The van der Waals surface area contributed by atoms with Crippen LogP contribution >= 0.6 is 0 Å². The minimum atomic E-state index is -3.31. The van der Waals surface area contributed by atoms with E-state index in [-0.39, 0.29) is 6.54 Å². The molecule has 2 aromatic heterocycles. The number of sulfonamides is 1. The summed E-state index contributed by atoms with van der Waals surface area (Å²) in [6, 6.07) is 1.67. The van der Waals surface area contributed by atoms with Crippen LogP contribution < -0.4 is 5.32 Å². The number of hydrogen-bond acceptors (Lipinski definition) is 7. The van der Waals surface area contributed by atoms with Gasteiger partial charge in [0, 0.05) is 31.1 Å². The van der Waals surface area contributed by atoms with Gasteiger partial charge in [-0.15, -0.1) is 0 Å². The van der Waals surface area contributed by atoms with Crippen LogP contribution in [-0.4, -0.2) is 39.6 Å². The second kappa shape index (κ2) is 5.65. The molecule has 0 aromatic carbocycles. The molecule has 1 aliphatic rings. The monoisotopic (exact) mass is 323 g/mol. The van der Waals surface area contributed by atoms with Gasteiger partial charge in [-0.3, -0.25) is 0 Å². The van der Waals surface area contributed by atoms with Crippen molar-refractivity contribution in [3.05, 3.63) is 29.9 Å². The van der Waals surface area contributed by atoms with Gasteiger partial charge in [-0.1, -0.05) is 5.16 Å². The summed E-state index contributed by atoms with van der Waals surface area (Å²) in [5.74, 6) is 1.08. The summed E-state index contributed by atoms with van der Waals surface area (Å²) < 4.78 is 31.0. The van der Waals surface area contributed by atoms with Gasteiger partial charge in [-0.05, 0) is 13.8 Å². The van der Waals surface area contributed by atoms with Gasteiger partial charge in [0.25, 0.3) is 0 Å². The van der Waals surface area contributed by atoms with E-state index in [1.807, 2.05) is 0 Å². The van der Waals surface area contributed by atoms with E-state index in [4.69, 9.17) is 4.52 Å². The average Bonchev–Trinajstić information content (AvgIpc) is 3.00. The van der Waals surface area contributed by atoms with Crippen LogP contribution in [0.1, 0.15) is 25.1 Å². The Kier molecular flexibility index (Phi) is 3.83. The molecule has 22 heavy (non-hydrogen) atoms. The molecule has 3 heterocycles. The maximum Gasteiger partial charge on any atom is 0.216 e. The summed E-state index contributed by atoms with van der Waals surface area (Å²) in [6.45, 7) is 4.06. The van der Waals surface area contributed by atoms with Gasteiger partial charge in [0.2, 0.25) is 10.0 Å². The van der Waals surface area contributed by atoms with E-state index >= 15 is 0 Å². The molecule has 3 rings (SSSR count). The van der Waals surface area contributed by atoms with Crippen molar-refractivity contribution in [3.63, 3.8) is 0 Å². The number of rotatable bonds is 4. The molecule has 0 fully saturated rings. The first-order chi connectivity index (χ1) is 10.5. The minimum Gasteiger partial charge on any atom is -0.363 e. The van der Waals surface area contributed by atoms with Gasteiger partial charge in [0.1, 0.15) is 18.4 Å². The van der Waals surface area contributed by atoms with E-state index in [9.17, 15) is 8.42 Å². The zero-order valence-electron chi connectivity index (χ0n) is 12.4. The van der Waals surface area contributed by atoms with E-state index < -0.39 is 15.3 Å². The molecule has 9 heteroatoms. The van der Waals surface area contributed by atoms with Gasteiger partial charge in [0.15, 0.2) is 5.82 Å². The molecule has 8 nitrogen and oxygen atoms in total.